The zero-order chi connectivity index (χ0) is 15.8. The molecule has 3 amide bonds. The van der Waals surface area contributed by atoms with E-state index in [-0.39, 0.29) is 18.5 Å². The highest BCUT2D eigenvalue weighted by Crippen LogP contribution is 2.29. The molecule has 0 bridgehead atoms. The summed E-state index contributed by atoms with van der Waals surface area (Å²) in [4.78, 5) is 35.6. The van der Waals surface area contributed by atoms with E-state index in [2.05, 4.69) is 20.4 Å². The van der Waals surface area contributed by atoms with Crippen LogP contribution < -0.4 is 5.32 Å². The minimum atomic E-state index is -0.310. The largest absolute Gasteiger partial charge is 0.323 e. The molecule has 118 valence electrons. The van der Waals surface area contributed by atoms with Crippen molar-refractivity contribution < 1.29 is 9.59 Å². The fourth-order valence-electron chi connectivity index (χ4n) is 2.52. The van der Waals surface area contributed by atoms with E-state index < -0.39 is 0 Å². The molecule has 2 aromatic rings. The van der Waals surface area contributed by atoms with Gasteiger partial charge in [0.15, 0.2) is 0 Å². The van der Waals surface area contributed by atoms with Crippen LogP contribution in [-0.4, -0.2) is 60.7 Å². The number of urea groups is 1. The molecular formula is C14H15N7O2. The third-order valence-corrected chi connectivity index (χ3v) is 3.84. The lowest BCUT2D eigenvalue weighted by molar-refractivity contribution is -0.127. The molecule has 1 saturated heterocycles. The van der Waals surface area contributed by atoms with Gasteiger partial charge >= 0.3 is 6.03 Å². The van der Waals surface area contributed by atoms with Gasteiger partial charge in [0.1, 0.15) is 6.54 Å². The Balaban J connectivity index is 1.41. The number of anilines is 1. The highest BCUT2D eigenvalue weighted by Gasteiger charge is 2.39. The van der Waals surface area contributed by atoms with Crippen LogP contribution in [0.15, 0.2) is 30.9 Å². The first kappa shape index (κ1) is 13.7. The second-order valence-electron chi connectivity index (χ2n) is 5.59. The van der Waals surface area contributed by atoms with Gasteiger partial charge in [0.25, 0.3) is 0 Å². The van der Waals surface area contributed by atoms with Gasteiger partial charge in [-0.15, -0.1) is 0 Å². The highest BCUT2D eigenvalue weighted by atomic mass is 16.2. The van der Waals surface area contributed by atoms with Crippen LogP contribution >= 0.6 is 0 Å². The van der Waals surface area contributed by atoms with Crippen LogP contribution in [0, 0.1) is 0 Å². The molecule has 1 aliphatic heterocycles. The summed E-state index contributed by atoms with van der Waals surface area (Å²) in [5.74, 6) is 0.431. The maximum absolute atomic E-state index is 12.3. The van der Waals surface area contributed by atoms with Gasteiger partial charge in [-0.1, -0.05) is 0 Å². The zero-order valence-electron chi connectivity index (χ0n) is 12.3. The van der Waals surface area contributed by atoms with E-state index in [1.807, 2.05) is 0 Å². The van der Waals surface area contributed by atoms with Crippen LogP contribution in [0.1, 0.15) is 12.8 Å². The summed E-state index contributed by atoms with van der Waals surface area (Å²) in [7, 11) is 0. The molecule has 0 aromatic carbocycles. The lowest BCUT2D eigenvalue weighted by atomic mass is 10.5. The number of hydrogen-bond acceptors (Lipinski definition) is 5. The van der Waals surface area contributed by atoms with Crippen molar-refractivity contribution in [3.05, 3.63) is 30.9 Å². The van der Waals surface area contributed by atoms with E-state index in [4.69, 9.17) is 0 Å². The molecule has 2 aromatic heterocycles. The smallest absolute Gasteiger partial charge is 0.320 e. The van der Waals surface area contributed by atoms with Crippen LogP contribution in [0.3, 0.4) is 0 Å². The topological polar surface area (TPSA) is 96.2 Å². The van der Waals surface area contributed by atoms with E-state index in [1.54, 1.807) is 29.6 Å². The molecule has 4 rings (SSSR count). The number of carbonyl (C=O) groups excluding carboxylic acids is 2. The second kappa shape index (κ2) is 5.34. The number of carbonyl (C=O) groups is 2. The Hall–Kier alpha value is -2.97. The van der Waals surface area contributed by atoms with Crippen molar-refractivity contribution in [2.45, 2.75) is 18.9 Å². The van der Waals surface area contributed by atoms with Crippen molar-refractivity contribution in [1.29, 1.82) is 0 Å². The number of rotatable bonds is 3. The Kier molecular flexibility index (Phi) is 3.18. The Labute approximate surface area is 131 Å². The first-order valence-corrected chi connectivity index (χ1v) is 7.38. The summed E-state index contributed by atoms with van der Waals surface area (Å²) in [5, 5.41) is 6.86. The van der Waals surface area contributed by atoms with Crippen LogP contribution in [-0.2, 0) is 4.79 Å². The fourth-order valence-corrected chi connectivity index (χ4v) is 2.52. The maximum atomic E-state index is 12.3. The summed E-state index contributed by atoms with van der Waals surface area (Å²) in [6.07, 6.45) is 8.44. The van der Waals surface area contributed by atoms with Gasteiger partial charge < -0.3 is 10.2 Å². The number of hydrogen-bond donors (Lipinski definition) is 1. The molecule has 0 atom stereocenters. The minimum absolute atomic E-state index is 0.0102. The van der Waals surface area contributed by atoms with Crippen molar-refractivity contribution >= 4 is 17.6 Å². The fraction of sp³-hybridized carbons (Fsp3) is 0.357. The number of aromatic nitrogens is 4. The van der Waals surface area contributed by atoms with Gasteiger partial charge in [-0.25, -0.2) is 19.4 Å². The molecule has 0 spiro atoms. The average molecular weight is 313 g/mol. The van der Waals surface area contributed by atoms with E-state index >= 15 is 0 Å². The standard InChI is InChI=1S/C14H15N7O2/c22-12-8-19(9-20(12)11-2-3-11)14(23)18-10-6-17-21(7-10)13-15-4-1-5-16-13/h1,4-7,11H,2-3,8-9H2,(H,18,23). The summed E-state index contributed by atoms with van der Waals surface area (Å²) >= 11 is 0. The Bertz CT molecular complexity index is 741. The third-order valence-electron chi connectivity index (χ3n) is 3.84. The minimum Gasteiger partial charge on any atom is -0.320 e. The van der Waals surface area contributed by atoms with Gasteiger partial charge in [-0.05, 0) is 18.9 Å². The Morgan fingerprint density at radius 3 is 2.78 bits per heavy atom. The van der Waals surface area contributed by atoms with Crippen molar-refractivity contribution in [2.24, 2.45) is 0 Å². The molecule has 0 unspecified atom stereocenters. The van der Waals surface area contributed by atoms with Crippen molar-refractivity contribution in [2.75, 3.05) is 18.5 Å². The Morgan fingerprint density at radius 2 is 2.04 bits per heavy atom. The number of nitrogens with one attached hydrogen (secondary N) is 1. The quantitative estimate of drug-likeness (QED) is 0.888. The van der Waals surface area contributed by atoms with Crippen molar-refractivity contribution in [3.8, 4) is 5.95 Å². The summed E-state index contributed by atoms with van der Waals surface area (Å²) < 4.78 is 1.47. The van der Waals surface area contributed by atoms with Crippen molar-refractivity contribution in [1.82, 2.24) is 29.5 Å². The van der Waals surface area contributed by atoms with Crippen LogP contribution in [0.25, 0.3) is 5.95 Å². The molecule has 9 nitrogen and oxygen atoms in total. The molecule has 1 saturated carbocycles. The average Bonchev–Trinajstić information content (AvgIpc) is 3.17. The molecule has 23 heavy (non-hydrogen) atoms. The van der Waals surface area contributed by atoms with Crippen LogP contribution in [0.5, 0.6) is 0 Å². The first-order valence-electron chi connectivity index (χ1n) is 7.38. The second-order valence-corrected chi connectivity index (χ2v) is 5.59. The lowest BCUT2D eigenvalue weighted by Crippen LogP contribution is -2.35. The van der Waals surface area contributed by atoms with Gasteiger partial charge in [0.2, 0.25) is 11.9 Å². The van der Waals surface area contributed by atoms with E-state index in [0.29, 0.717) is 24.3 Å². The SMILES string of the molecule is O=C(Nc1cnn(-c2ncccn2)c1)N1CC(=O)N(C2CC2)C1. The molecular weight excluding hydrogens is 298 g/mol. The van der Waals surface area contributed by atoms with Crippen LogP contribution in [0.4, 0.5) is 10.5 Å². The van der Waals surface area contributed by atoms with E-state index in [0.717, 1.165) is 12.8 Å². The number of amides is 3. The Morgan fingerprint density at radius 1 is 1.26 bits per heavy atom. The summed E-state index contributed by atoms with van der Waals surface area (Å²) in [6, 6.07) is 1.72. The van der Waals surface area contributed by atoms with Crippen LogP contribution in [0.2, 0.25) is 0 Å². The van der Waals surface area contributed by atoms with Gasteiger partial charge in [-0.3, -0.25) is 9.69 Å². The maximum Gasteiger partial charge on any atom is 0.323 e. The number of nitrogens with zero attached hydrogens (tertiary/aromatic N) is 6. The predicted molar refractivity (Wildman–Crippen MR) is 79.6 cm³/mol. The molecule has 1 aliphatic carbocycles. The molecule has 2 fully saturated rings. The summed E-state index contributed by atoms with van der Waals surface area (Å²) in [6.45, 7) is 0.476. The molecule has 3 heterocycles. The van der Waals surface area contributed by atoms with Gasteiger partial charge in [0, 0.05) is 18.4 Å². The first-order chi connectivity index (χ1) is 11.2. The summed E-state index contributed by atoms with van der Waals surface area (Å²) in [5.41, 5.74) is 0.528. The van der Waals surface area contributed by atoms with E-state index in [9.17, 15) is 9.59 Å². The van der Waals surface area contributed by atoms with Gasteiger partial charge in [0.05, 0.1) is 24.7 Å². The highest BCUT2D eigenvalue weighted by molar-refractivity contribution is 5.94. The zero-order valence-corrected chi connectivity index (χ0v) is 12.3. The monoisotopic (exact) mass is 313 g/mol. The molecule has 9 heteroatoms. The predicted octanol–water partition coefficient (Wildman–Crippen LogP) is 0.458. The van der Waals surface area contributed by atoms with E-state index in [1.165, 1.54) is 15.8 Å². The third kappa shape index (κ3) is 2.72. The molecule has 0 radical (unpaired) electrons. The van der Waals surface area contributed by atoms with Crippen molar-refractivity contribution in [3.63, 3.8) is 0 Å². The normalized spacial score (nSPS) is 17.7. The lowest BCUT2D eigenvalue weighted by Gasteiger charge is -2.17. The molecule has 1 N–H and O–H groups in total. The van der Waals surface area contributed by atoms with Gasteiger partial charge in [-0.2, -0.15) is 5.10 Å². The molecule has 2 aliphatic rings.